The number of carbonyl (C=O) groups excluding carboxylic acids is 2. The van der Waals surface area contributed by atoms with Crippen LogP contribution in [0.1, 0.15) is 32.1 Å². The molecule has 3 rings (SSSR count). The molecule has 2 aliphatic carbocycles. The minimum Gasteiger partial charge on any atom is -0.344 e. The average molecular weight is 279 g/mol. The number of nitrogens with two attached hydrogens (primary N) is 1. The largest absolute Gasteiger partial charge is 0.344 e. The molecular formula is C15H25N3O2. The summed E-state index contributed by atoms with van der Waals surface area (Å²) in [6, 6.07) is 0.0529. The van der Waals surface area contributed by atoms with E-state index in [1.165, 1.54) is 6.42 Å². The van der Waals surface area contributed by atoms with Crippen molar-refractivity contribution < 1.29 is 9.59 Å². The number of carbonyl (C=O) groups is 2. The lowest BCUT2D eigenvalue weighted by atomic mass is 9.84. The van der Waals surface area contributed by atoms with Crippen LogP contribution in [-0.2, 0) is 9.59 Å². The van der Waals surface area contributed by atoms with E-state index < -0.39 is 0 Å². The Morgan fingerprint density at radius 1 is 1.40 bits per heavy atom. The zero-order valence-corrected chi connectivity index (χ0v) is 12.3. The van der Waals surface area contributed by atoms with Gasteiger partial charge in [0.2, 0.25) is 11.8 Å². The summed E-state index contributed by atoms with van der Waals surface area (Å²) in [4.78, 5) is 27.8. The van der Waals surface area contributed by atoms with Crippen LogP contribution in [0.2, 0.25) is 0 Å². The second-order valence-corrected chi connectivity index (χ2v) is 6.68. The minimum atomic E-state index is 0.0213. The Bertz CT molecular complexity index is 410. The van der Waals surface area contributed by atoms with Crippen molar-refractivity contribution >= 4 is 11.8 Å². The fourth-order valence-corrected chi connectivity index (χ4v) is 4.28. The van der Waals surface area contributed by atoms with E-state index in [9.17, 15) is 9.59 Å². The fourth-order valence-electron chi connectivity index (χ4n) is 4.28. The summed E-state index contributed by atoms with van der Waals surface area (Å²) in [5.74, 6) is 1.49. The zero-order chi connectivity index (χ0) is 14.3. The van der Waals surface area contributed by atoms with Gasteiger partial charge in [0.15, 0.2) is 0 Å². The normalized spacial score (nSPS) is 35.9. The molecule has 1 aliphatic heterocycles. The van der Waals surface area contributed by atoms with Gasteiger partial charge in [0.1, 0.15) is 0 Å². The lowest BCUT2D eigenvalue weighted by Gasteiger charge is -2.31. The van der Waals surface area contributed by atoms with E-state index in [4.69, 9.17) is 5.73 Å². The predicted molar refractivity (Wildman–Crippen MR) is 75.7 cm³/mol. The highest BCUT2D eigenvalue weighted by Crippen LogP contribution is 2.48. The monoisotopic (exact) mass is 279 g/mol. The number of amides is 2. The van der Waals surface area contributed by atoms with Gasteiger partial charge in [-0.1, -0.05) is 0 Å². The molecule has 5 heteroatoms. The predicted octanol–water partition coefficient (Wildman–Crippen LogP) is 0.441. The van der Waals surface area contributed by atoms with E-state index >= 15 is 0 Å². The van der Waals surface area contributed by atoms with Crippen LogP contribution in [0.15, 0.2) is 0 Å². The first-order chi connectivity index (χ1) is 9.58. The van der Waals surface area contributed by atoms with Crippen LogP contribution in [-0.4, -0.2) is 54.3 Å². The maximum atomic E-state index is 12.6. The molecule has 2 N–H and O–H groups in total. The third kappa shape index (κ3) is 2.32. The number of hydrogen-bond donors (Lipinski definition) is 1. The van der Waals surface area contributed by atoms with Crippen LogP contribution in [0.4, 0.5) is 0 Å². The molecular weight excluding hydrogens is 254 g/mol. The third-order valence-electron chi connectivity index (χ3n) is 5.52. The van der Waals surface area contributed by atoms with Gasteiger partial charge in [-0.15, -0.1) is 0 Å². The van der Waals surface area contributed by atoms with E-state index in [0.717, 1.165) is 25.8 Å². The van der Waals surface area contributed by atoms with Gasteiger partial charge < -0.3 is 15.5 Å². The Kier molecular flexibility index (Phi) is 3.71. The van der Waals surface area contributed by atoms with Crippen molar-refractivity contribution in [2.24, 2.45) is 23.5 Å². The molecule has 4 atom stereocenters. The van der Waals surface area contributed by atoms with Crippen molar-refractivity contribution in [3.05, 3.63) is 0 Å². The smallest absolute Gasteiger partial charge is 0.227 e. The van der Waals surface area contributed by atoms with Crippen molar-refractivity contribution in [1.82, 2.24) is 9.80 Å². The minimum absolute atomic E-state index is 0.0213. The highest BCUT2D eigenvalue weighted by Gasteiger charge is 2.49. The summed E-state index contributed by atoms with van der Waals surface area (Å²) < 4.78 is 0. The molecule has 0 aromatic carbocycles. The molecule has 3 fully saturated rings. The highest BCUT2D eigenvalue weighted by atomic mass is 16.2. The summed E-state index contributed by atoms with van der Waals surface area (Å²) in [5, 5.41) is 0. The number of fused-ring (bicyclic) bond motifs is 2. The zero-order valence-electron chi connectivity index (χ0n) is 12.3. The number of likely N-dealkylation sites (tertiary alicyclic amines) is 1. The standard InChI is InChI=1S/C15H25N3O2/c1-17(7-8-18-6-2-3-12(18)19)15(20)13-10-4-5-11(9-10)14(13)16/h10-11,13-14H,2-9,16H2,1H3/t10-,11-,13-,14-/m0/s1. The summed E-state index contributed by atoms with van der Waals surface area (Å²) in [7, 11) is 1.85. The lowest BCUT2D eigenvalue weighted by Crippen LogP contribution is -2.47. The van der Waals surface area contributed by atoms with E-state index in [2.05, 4.69) is 0 Å². The number of nitrogens with zero attached hydrogens (tertiary/aromatic N) is 2. The van der Waals surface area contributed by atoms with Crippen molar-refractivity contribution in [3.63, 3.8) is 0 Å². The highest BCUT2D eigenvalue weighted by molar-refractivity contribution is 5.81. The number of likely N-dealkylation sites (N-methyl/N-ethyl adjacent to an activating group) is 1. The quantitative estimate of drug-likeness (QED) is 0.812. The lowest BCUT2D eigenvalue weighted by molar-refractivity contribution is -0.137. The summed E-state index contributed by atoms with van der Waals surface area (Å²) >= 11 is 0. The first kappa shape index (κ1) is 13.9. The molecule has 2 amide bonds. The van der Waals surface area contributed by atoms with Crippen molar-refractivity contribution in [2.45, 2.75) is 38.1 Å². The fraction of sp³-hybridized carbons (Fsp3) is 0.867. The molecule has 112 valence electrons. The maximum absolute atomic E-state index is 12.6. The van der Waals surface area contributed by atoms with Gasteiger partial charge in [-0.3, -0.25) is 9.59 Å². The first-order valence-corrected chi connectivity index (χ1v) is 7.86. The molecule has 20 heavy (non-hydrogen) atoms. The van der Waals surface area contributed by atoms with Gasteiger partial charge in [-0.05, 0) is 37.5 Å². The molecule has 2 bridgehead atoms. The number of rotatable bonds is 4. The van der Waals surface area contributed by atoms with Gasteiger partial charge in [0, 0.05) is 39.1 Å². The van der Waals surface area contributed by atoms with Crippen molar-refractivity contribution in [2.75, 3.05) is 26.7 Å². The third-order valence-corrected chi connectivity index (χ3v) is 5.52. The maximum Gasteiger partial charge on any atom is 0.227 e. The molecule has 1 heterocycles. The molecule has 3 aliphatic rings. The van der Waals surface area contributed by atoms with Crippen LogP contribution in [0.25, 0.3) is 0 Å². The summed E-state index contributed by atoms with van der Waals surface area (Å²) in [6.07, 6.45) is 5.10. The molecule has 0 aromatic rings. The van der Waals surface area contributed by atoms with Crippen LogP contribution in [0.3, 0.4) is 0 Å². The second-order valence-electron chi connectivity index (χ2n) is 6.68. The van der Waals surface area contributed by atoms with E-state index in [0.29, 0.717) is 31.3 Å². The van der Waals surface area contributed by atoms with Crippen LogP contribution < -0.4 is 5.73 Å². The topological polar surface area (TPSA) is 66.6 Å². The van der Waals surface area contributed by atoms with E-state index in [1.807, 2.05) is 11.9 Å². The Labute approximate surface area is 120 Å². The Morgan fingerprint density at radius 3 is 2.75 bits per heavy atom. The molecule has 1 saturated heterocycles. The van der Waals surface area contributed by atoms with E-state index in [1.54, 1.807) is 4.90 Å². The average Bonchev–Trinajstić information content (AvgIpc) is 3.11. The van der Waals surface area contributed by atoms with Gasteiger partial charge in [-0.25, -0.2) is 0 Å². The molecule has 0 unspecified atom stereocenters. The SMILES string of the molecule is CN(CCN1CCCC1=O)C(=O)[C@H]1[C@H]2CC[C@@H](C2)[C@@H]1N. The van der Waals surface area contributed by atoms with Gasteiger partial charge in [-0.2, -0.15) is 0 Å². The summed E-state index contributed by atoms with van der Waals surface area (Å²) in [5.41, 5.74) is 6.23. The van der Waals surface area contributed by atoms with Crippen LogP contribution in [0.5, 0.6) is 0 Å². The van der Waals surface area contributed by atoms with Gasteiger partial charge in [0.25, 0.3) is 0 Å². The Morgan fingerprint density at radius 2 is 2.15 bits per heavy atom. The Balaban J connectivity index is 1.53. The van der Waals surface area contributed by atoms with E-state index in [-0.39, 0.29) is 23.8 Å². The van der Waals surface area contributed by atoms with Crippen LogP contribution >= 0.6 is 0 Å². The van der Waals surface area contributed by atoms with Crippen LogP contribution in [0, 0.1) is 17.8 Å². The van der Waals surface area contributed by atoms with Crippen molar-refractivity contribution in [1.29, 1.82) is 0 Å². The first-order valence-electron chi connectivity index (χ1n) is 7.86. The number of hydrogen-bond acceptors (Lipinski definition) is 3. The molecule has 2 saturated carbocycles. The Hall–Kier alpha value is -1.10. The van der Waals surface area contributed by atoms with Gasteiger partial charge >= 0.3 is 0 Å². The molecule has 0 radical (unpaired) electrons. The molecule has 5 nitrogen and oxygen atoms in total. The molecule has 0 aromatic heterocycles. The van der Waals surface area contributed by atoms with Crippen molar-refractivity contribution in [3.8, 4) is 0 Å². The summed E-state index contributed by atoms with van der Waals surface area (Å²) in [6.45, 7) is 2.14. The second kappa shape index (κ2) is 5.35. The molecule has 0 spiro atoms. The van der Waals surface area contributed by atoms with Gasteiger partial charge in [0.05, 0.1) is 5.92 Å².